The van der Waals surface area contributed by atoms with Crippen molar-refractivity contribution in [2.45, 2.75) is 50.4 Å². The maximum absolute atomic E-state index is 6.36. The lowest BCUT2D eigenvalue weighted by Crippen LogP contribution is -2.30. The molecule has 0 saturated heterocycles. The van der Waals surface area contributed by atoms with Crippen molar-refractivity contribution in [3.8, 4) is 39.1 Å². The van der Waals surface area contributed by atoms with Gasteiger partial charge in [0.1, 0.15) is 0 Å². The molecule has 0 atom stereocenters. The first kappa shape index (κ1) is 56.9. The summed E-state index contributed by atoms with van der Waals surface area (Å²) in [5, 5.41) is 2.45. The third kappa shape index (κ3) is 11.3. The van der Waals surface area contributed by atoms with Crippen LogP contribution in [0.3, 0.4) is 0 Å². The van der Waals surface area contributed by atoms with Gasteiger partial charge in [0, 0.05) is 99.2 Å². The molecule has 0 N–H and O–H groups in total. The molecule has 0 aliphatic heterocycles. The van der Waals surface area contributed by atoms with E-state index in [-0.39, 0.29) is 0 Å². The highest BCUT2D eigenvalue weighted by atomic mass is 16.5. The Morgan fingerprint density at radius 2 is 0.744 bits per heavy atom. The van der Waals surface area contributed by atoms with Gasteiger partial charge in [-0.15, -0.1) is 0 Å². The maximum Gasteiger partial charge on any atom is 0.0700 e. The Morgan fingerprint density at radius 1 is 0.341 bits per heavy atom. The van der Waals surface area contributed by atoms with Crippen LogP contribution in [-0.2, 0) is 48.7 Å². The maximum atomic E-state index is 6.36. The Hall–Kier alpha value is -6.96. The smallest absolute Gasteiger partial charge is 0.0700 e. The number of fused-ring (bicyclic) bond motifs is 9. The monoisotopic (exact) mass is 1100 g/mol. The minimum Gasteiger partial charge on any atom is -0.382 e. The zero-order chi connectivity index (χ0) is 56.5. The Kier molecular flexibility index (Phi) is 18.1. The Morgan fingerprint density at radius 3 is 1.22 bits per heavy atom. The average molecular weight is 1100 g/mol. The first-order chi connectivity index (χ1) is 40.3. The van der Waals surface area contributed by atoms with Crippen LogP contribution in [0.4, 0.5) is 17.1 Å². The summed E-state index contributed by atoms with van der Waals surface area (Å²) in [6.07, 6.45) is 3.10. The molecule has 8 aromatic carbocycles. The van der Waals surface area contributed by atoms with Gasteiger partial charge in [-0.05, 0) is 162 Å². The number of hydrogen-bond acceptors (Lipinski definition) is 9. The molecule has 10 nitrogen and oxygen atoms in total. The zero-order valence-corrected chi connectivity index (χ0v) is 48.6. The van der Waals surface area contributed by atoms with Crippen molar-refractivity contribution in [3.63, 3.8) is 0 Å². The van der Waals surface area contributed by atoms with Crippen LogP contribution in [0.2, 0.25) is 0 Å². The van der Waals surface area contributed by atoms with Crippen LogP contribution < -0.4 is 4.90 Å². The SMILES string of the molecule is COCCOCCC1(CCOCCOC)c2cc(C)ccc2-c2ccc(N(c3ccc(-c4ccc5c(c4)c4ccccc4n5-c4ccccc4)cc3)c3ccc4c(c3)C(CCOCCOC)(CCOCCOC)c3cc(C)ccc3-4)cc21. The van der Waals surface area contributed by atoms with Gasteiger partial charge in [0.15, 0.2) is 0 Å². The van der Waals surface area contributed by atoms with Crippen molar-refractivity contribution >= 4 is 38.9 Å². The standard InChI is InChI=1S/C72H78N2O8/c1-51-16-25-59-61-27-23-57(49-67(61)71(65(59)46-51,30-34-79-42-38-75-3)31-35-80-43-39-76-4)73(56-21-18-53(19-22-56)54-20-29-70-64(48-54)63-14-10-11-15-69(63)74(70)55-12-8-7-9-13-55)58-24-28-62-60-26-17-52(2)47-66(60)72(68(62)50-58,32-36-81-44-40-77-5)33-37-82-45-41-78-6/h7-29,46-50H,30-45H2,1-6H3. The number of nitrogens with zero attached hydrogens (tertiary/aromatic N) is 2. The third-order valence-corrected chi connectivity index (χ3v) is 17.1. The molecular formula is C72H78N2O8. The molecule has 10 heteroatoms. The van der Waals surface area contributed by atoms with Crippen LogP contribution in [-0.4, -0.2) is 112 Å². The summed E-state index contributed by atoms with van der Waals surface area (Å²) >= 11 is 0. The van der Waals surface area contributed by atoms with Gasteiger partial charge in [0.25, 0.3) is 0 Å². The number of aromatic nitrogens is 1. The van der Waals surface area contributed by atoms with E-state index in [0.717, 1.165) is 59.6 Å². The van der Waals surface area contributed by atoms with Crippen molar-refractivity contribution in [1.82, 2.24) is 4.57 Å². The van der Waals surface area contributed by atoms with Gasteiger partial charge in [-0.3, -0.25) is 0 Å². The summed E-state index contributed by atoms with van der Waals surface area (Å²) in [4.78, 5) is 2.47. The molecule has 11 rings (SSSR count). The molecule has 1 aromatic heterocycles. The normalized spacial score (nSPS) is 13.6. The number of methoxy groups -OCH3 is 4. The first-order valence-corrected chi connectivity index (χ1v) is 29.1. The van der Waals surface area contributed by atoms with E-state index in [1.165, 1.54) is 77.4 Å². The van der Waals surface area contributed by atoms with Crippen molar-refractivity contribution in [2.75, 3.05) is 113 Å². The molecule has 0 fully saturated rings. The van der Waals surface area contributed by atoms with Gasteiger partial charge in [-0.25, -0.2) is 0 Å². The molecule has 0 bridgehead atoms. The molecule has 0 unspecified atom stereocenters. The van der Waals surface area contributed by atoms with Crippen LogP contribution in [0.5, 0.6) is 0 Å². The summed E-state index contributed by atoms with van der Waals surface area (Å²) in [6.45, 7) is 10.9. The van der Waals surface area contributed by atoms with Crippen molar-refractivity contribution in [1.29, 1.82) is 0 Å². The minimum absolute atomic E-state index is 0.400. The molecule has 9 aromatic rings. The number of hydrogen-bond donors (Lipinski definition) is 0. The highest BCUT2D eigenvalue weighted by Gasteiger charge is 2.45. The molecule has 0 spiro atoms. The van der Waals surface area contributed by atoms with Crippen LogP contribution in [0.25, 0.3) is 60.9 Å². The Balaban J connectivity index is 1.07. The lowest BCUT2D eigenvalue weighted by Gasteiger charge is -2.35. The van der Waals surface area contributed by atoms with E-state index in [4.69, 9.17) is 37.9 Å². The Bertz CT molecular complexity index is 3440. The second kappa shape index (κ2) is 26.1. The minimum atomic E-state index is -0.400. The van der Waals surface area contributed by atoms with Gasteiger partial charge < -0.3 is 47.4 Å². The van der Waals surface area contributed by atoms with Gasteiger partial charge >= 0.3 is 0 Å². The van der Waals surface area contributed by atoms with Crippen LogP contribution in [0.1, 0.15) is 59.1 Å². The van der Waals surface area contributed by atoms with E-state index in [0.29, 0.717) is 79.3 Å². The van der Waals surface area contributed by atoms with Crippen molar-refractivity contribution < 1.29 is 37.9 Å². The molecule has 0 radical (unpaired) electrons. The lowest BCUT2D eigenvalue weighted by atomic mass is 9.72. The number of rotatable bonds is 29. The topological polar surface area (TPSA) is 82.0 Å². The van der Waals surface area contributed by atoms with Crippen molar-refractivity contribution in [2.24, 2.45) is 0 Å². The van der Waals surface area contributed by atoms with Crippen LogP contribution >= 0.6 is 0 Å². The fourth-order valence-electron chi connectivity index (χ4n) is 13.0. The molecule has 2 aliphatic carbocycles. The number of benzene rings is 8. The zero-order valence-electron chi connectivity index (χ0n) is 48.6. The van der Waals surface area contributed by atoms with E-state index < -0.39 is 10.8 Å². The summed E-state index contributed by atoms with van der Waals surface area (Å²) in [5.74, 6) is 0. The largest absolute Gasteiger partial charge is 0.382 e. The highest BCUT2D eigenvalue weighted by Crippen LogP contribution is 2.57. The molecule has 0 amide bonds. The first-order valence-electron chi connectivity index (χ1n) is 29.1. The molecule has 1 heterocycles. The van der Waals surface area contributed by atoms with Crippen LogP contribution in [0, 0.1) is 13.8 Å². The Labute approximate surface area is 484 Å². The van der Waals surface area contributed by atoms with Gasteiger partial charge in [0.05, 0.1) is 63.9 Å². The number of aryl methyl sites for hydroxylation is 2. The summed E-state index contributed by atoms with van der Waals surface area (Å²) in [6, 6.07) is 63.6. The molecule has 0 saturated carbocycles. The lowest BCUT2D eigenvalue weighted by molar-refractivity contribution is 0.0490. The van der Waals surface area contributed by atoms with E-state index in [1.807, 2.05) is 0 Å². The molecular weight excluding hydrogens is 1020 g/mol. The number of ether oxygens (including phenoxy) is 8. The van der Waals surface area contributed by atoms with E-state index in [9.17, 15) is 0 Å². The third-order valence-electron chi connectivity index (χ3n) is 17.1. The predicted molar refractivity (Wildman–Crippen MR) is 332 cm³/mol. The fraction of sp³-hybridized carbons (Fsp3) is 0.333. The van der Waals surface area contributed by atoms with Gasteiger partial charge in [-0.1, -0.05) is 114 Å². The van der Waals surface area contributed by atoms with Gasteiger partial charge in [-0.2, -0.15) is 0 Å². The van der Waals surface area contributed by atoms with E-state index in [1.54, 1.807) is 28.4 Å². The number of para-hydroxylation sites is 2. The average Bonchev–Trinajstić information content (AvgIpc) is 4.28. The van der Waals surface area contributed by atoms with E-state index in [2.05, 4.69) is 193 Å². The summed E-state index contributed by atoms with van der Waals surface area (Å²) in [5.41, 5.74) is 20.9. The number of anilines is 3. The highest BCUT2D eigenvalue weighted by molar-refractivity contribution is 6.10. The summed E-state index contributed by atoms with van der Waals surface area (Å²) in [7, 11) is 6.89. The quantitative estimate of drug-likeness (QED) is 0.0426. The van der Waals surface area contributed by atoms with Crippen molar-refractivity contribution in [3.05, 3.63) is 203 Å². The second-order valence-electron chi connectivity index (χ2n) is 21.9. The fourth-order valence-corrected chi connectivity index (χ4v) is 13.0. The summed E-state index contributed by atoms with van der Waals surface area (Å²) < 4.78 is 49.5. The second-order valence-corrected chi connectivity index (χ2v) is 21.9. The van der Waals surface area contributed by atoms with Crippen LogP contribution in [0.15, 0.2) is 170 Å². The molecule has 82 heavy (non-hydrogen) atoms. The predicted octanol–water partition coefficient (Wildman–Crippen LogP) is 15.3. The molecule has 424 valence electrons. The van der Waals surface area contributed by atoms with E-state index >= 15 is 0 Å². The van der Waals surface area contributed by atoms with Gasteiger partial charge in [0.2, 0.25) is 0 Å². The molecule has 2 aliphatic rings.